The van der Waals surface area contributed by atoms with Gasteiger partial charge in [0.1, 0.15) is 18.3 Å². The fourth-order valence-electron chi connectivity index (χ4n) is 2.71. The van der Waals surface area contributed by atoms with Gasteiger partial charge in [-0.3, -0.25) is 0 Å². The van der Waals surface area contributed by atoms with Gasteiger partial charge in [0.2, 0.25) is 0 Å². The Morgan fingerprint density at radius 2 is 2.10 bits per heavy atom. The van der Waals surface area contributed by atoms with Crippen molar-refractivity contribution in [2.24, 2.45) is 5.92 Å². The molecule has 2 fully saturated rings. The smallest absolute Gasteiger partial charge is 0.407 e. The van der Waals surface area contributed by atoms with Crippen molar-refractivity contribution in [3.63, 3.8) is 0 Å². The Labute approximate surface area is 126 Å². The summed E-state index contributed by atoms with van der Waals surface area (Å²) in [6.07, 6.45) is -2.72. The lowest BCUT2D eigenvalue weighted by molar-refractivity contribution is -0.0571. The zero-order chi connectivity index (χ0) is 16.0. The van der Waals surface area contributed by atoms with Crippen LogP contribution in [0.2, 0.25) is 18.1 Å². The van der Waals surface area contributed by atoms with E-state index in [2.05, 4.69) is 39.2 Å². The minimum absolute atomic E-state index is 0.0427. The molecule has 1 saturated heterocycles. The molecule has 1 heterocycles. The van der Waals surface area contributed by atoms with E-state index in [0.29, 0.717) is 6.42 Å². The SMILES string of the molecule is CC(C)(C)[Si](C)(C)O[C@@H]1[C@@H](CO)C[C@@H]2OC(=O)N[C@H]2[C@@H]1F. The Kier molecular flexibility index (Phi) is 4.39. The summed E-state index contributed by atoms with van der Waals surface area (Å²) in [6.45, 7) is 10.2. The third kappa shape index (κ3) is 3.09. The summed E-state index contributed by atoms with van der Waals surface area (Å²) >= 11 is 0. The monoisotopic (exact) mass is 319 g/mol. The molecule has 1 aliphatic heterocycles. The predicted molar refractivity (Wildman–Crippen MR) is 79.4 cm³/mol. The van der Waals surface area contributed by atoms with Crippen molar-refractivity contribution < 1.29 is 23.5 Å². The second-order valence-electron chi connectivity index (χ2n) is 7.58. The number of carbonyl (C=O) groups excluding carboxylic acids is 1. The van der Waals surface area contributed by atoms with Crippen LogP contribution in [0, 0.1) is 5.92 Å². The van der Waals surface area contributed by atoms with Gasteiger partial charge in [-0.2, -0.15) is 0 Å². The van der Waals surface area contributed by atoms with E-state index >= 15 is 0 Å². The Morgan fingerprint density at radius 1 is 1.48 bits per heavy atom. The molecule has 0 bridgehead atoms. The lowest BCUT2D eigenvalue weighted by Crippen LogP contribution is -2.59. The molecular weight excluding hydrogens is 293 g/mol. The van der Waals surface area contributed by atoms with Gasteiger partial charge in [0, 0.05) is 12.5 Å². The van der Waals surface area contributed by atoms with Crippen LogP contribution in [0.3, 0.4) is 0 Å². The van der Waals surface area contributed by atoms with E-state index in [1.807, 2.05) is 0 Å². The molecule has 5 nitrogen and oxygen atoms in total. The number of alkyl halides is 1. The minimum atomic E-state index is -2.16. The number of aliphatic hydroxyl groups is 1. The van der Waals surface area contributed by atoms with Crippen molar-refractivity contribution in [2.45, 2.75) is 69.7 Å². The molecular formula is C14H26FNO4Si. The number of carbonyl (C=O) groups is 1. The van der Waals surface area contributed by atoms with Crippen molar-refractivity contribution in [1.82, 2.24) is 5.32 Å². The maximum atomic E-state index is 14.8. The summed E-state index contributed by atoms with van der Waals surface area (Å²) in [5.41, 5.74) is 0. The molecule has 1 saturated carbocycles. The molecule has 7 heteroatoms. The van der Waals surface area contributed by atoms with Gasteiger partial charge in [-0.1, -0.05) is 20.8 Å². The number of rotatable bonds is 3. The maximum Gasteiger partial charge on any atom is 0.407 e. The fourth-order valence-corrected chi connectivity index (χ4v) is 4.06. The Balaban J connectivity index is 2.19. The molecule has 122 valence electrons. The summed E-state index contributed by atoms with van der Waals surface area (Å²) in [5, 5.41) is 12.1. The molecule has 2 N–H and O–H groups in total. The average molecular weight is 319 g/mol. The van der Waals surface area contributed by atoms with E-state index in [0.717, 1.165) is 0 Å². The third-order valence-electron chi connectivity index (χ3n) is 5.07. The minimum Gasteiger partial charge on any atom is -0.444 e. The molecule has 21 heavy (non-hydrogen) atoms. The Hall–Kier alpha value is -0.663. The predicted octanol–water partition coefficient (Wildman–Crippen LogP) is 2.20. The van der Waals surface area contributed by atoms with Crippen LogP contribution >= 0.6 is 0 Å². The number of amides is 1. The standard InChI is InChI=1S/C14H26FNO4Si/c1-14(2,3)21(4,5)20-12-8(7-17)6-9-11(10(12)15)16-13(18)19-9/h8-12,17H,6-7H2,1-5H3,(H,16,18)/t8-,9+,10+,11-,12-/m1/s1. The molecule has 5 atom stereocenters. The van der Waals surface area contributed by atoms with Crippen molar-refractivity contribution in [3.05, 3.63) is 0 Å². The van der Waals surface area contributed by atoms with Crippen LogP contribution in [0.5, 0.6) is 0 Å². The zero-order valence-corrected chi connectivity index (χ0v) is 14.4. The lowest BCUT2D eigenvalue weighted by Gasteiger charge is -2.45. The highest BCUT2D eigenvalue weighted by Crippen LogP contribution is 2.42. The highest BCUT2D eigenvalue weighted by molar-refractivity contribution is 6.74. The summed E-state index contributed by atoms with van der Waals surface area (Å²) in [7, 11) is -2.16. The molecule has 2 rings (SSSR count). The highest BCUT2D eigenvalue weighted by atomic mass is 28.4. The topological polar surface area (TPSA) is 67.8 Å². The molecule has 0 radical (unpaired) electrons. The molecule has 0 aromatic rings. The van der Waals surface area contributed by atoms with Crippen molar-refractivity contribution >= 4 is 14.4 Å². The van der Waals surface area contributed by atoms with Gasteiger partial charge < -0.3 is 19.6 Å². The van der Waals surface area contributed by atoms with Crippen molar-refractivity contribution in [1.29, 1.82) is 0 Å². The van der Waals surface area contributed by atoms with E-state index in [1.165, 1.54) is 0 Å². The van der Waals surface area contributed by atoms with Crippen LogP contribution in [0.25, 0.3) is 0 Å². The number of halogens is 1. The highest BCUT2D eigenvalue weighted by Gasteiger charge is 2.53. The van der Waals surface area contributed by atoms with Crippen LogP contribution in [-0.4, -0.2) is 50.5 Å². The molecule has 1 amide bonds. The fraction of sp³-hybridized carbons (Fsp3) is 0.929. The van der Waals surface area contributed by atoms with Crippen molar-refractivity contribution in [3.8, 4) is 0 Å². The van der Waals surface area contributed by atoms with E-state index in [4.69, 9.17) is 9.16 Å². The molecule has 0 aromatic heterocycles. The molecule has 1 aliphatic carbocycles. The first-order valence-corrected chi connectivity index (χ1v) is 10.4. The largest absolute Gasteiger partial charge is 0.444 e. The summed E-state index contributed by atoms with van der Waals surface area (Å²) in [4.78, 5) is 11.3. The van der Waals surface area contributed by atoms with Crippen LogP contribution in [0.1, 0.15) is 27.2 Å². The first-order valence-electron chi connectivity index (χ1n) is 7.46. The summed E-state index contributed by atoms with van der Waals surface area (Å²) in [6, 6.07) is -0.671. The van der Waals surface area contributed by atoms with Crippen molar-refractivity contribution in [2.75, 3.05) is 6.61 Å². The second-order valence-corrected chi connectivity index (χ2v) is 12.3. The quantitative estimate of drug-likeness (QED) is 0.783. The third-order valence-corrected chi connectivity index (χ3v) is 9.55. The number of hydrogen-bond acceptors (Lipinski definition) is 4. The summed E-state index contributed by atoms with van der Waals surface area (Å²) in [5.74, 6) is -0.344. The van der Waals surface area contributed by atoms with E-state index in [9.17, 15) is 14.3 Å². The Bertz CT molecular complexity index is 412. The van der Waals surface area contributed by atoms with Gasteiger partial charge in [-0.15, -0.1) is 0 Å². The van der Waals surface area contributed by atoms with Crippen LogP contribution in [0.4, 0.5) is 9.18 Å². The first kappa shape index (κ1) is 16.7. The van der Waals surface area contributed by atoms with Crippen LogP contribution in [0.15, 0.2) is 0 Å². The van der Waals surface area contributed by atoms with Gasteiger partial charge in [0.05, 0.1) is 6.10 Å². The molecule has 0 spiro atoms. The number of hydrogen-bond donors (Lipinski definition) is 2. The number of nitrogens with one attached hydrogen (secondary N) is 1. The van der Waals surface area contributed by atoms with Crippen LogP contribution in [-0.2, 0) is 9.16 Å². The van der Waals surface area contributed by atoms with Gasteiger partial charge in [0.25, 0.3) is 0 Å². The number of alkyl carbamates (subject to hydrolysis) is 1. The van der Waals surface area contributed by atoms with E-state index < -0.39 is 38.8 Å². The van der Waals surface area contributed by atoms with Gasteiger partial charge >= 0.3 is 6.09 Å². The maximum absolute atomic E-state index is 14.8. The summed E-state index contributed by atoms with van der Waals surface area (Å²) < 4.78 is 26.1. The second kappa shape index (κ2) is 5.51. The van der Waals surface area contributed by atoms with E-state index in [-0.39, 0.29) is 17.6 Å². The number of aliphatic hydroxyl groups excluding tert-OH is 1. The van der Waals surface area contributed by atoms with Gasteiger partial charge in [-0.25, -0.2) is 9.18 Å². The number of fused-ring (bicyclic) bond motifs is 1. The van der Waals surface area contributed by atoms with Crippen LogP contribution < -0.4 is 5.32 Å². The normalized spacial score (nSPS) is 36.9. The molecule has 0 aromatic carbocycles. The zero-order valence-electron chi connectivity index (χ0n) is 13.4. The lowest BCUT2D eigenvalue weighted by atomic mass is 9.81. The number of ether oxygens (including phenoxy) is 1. The Morgan fingerprint density at radius 3 is 2.62 bits per heavy atom. The van der Waals surface area contributed by atoms with E-state index in [1.54, 1.807) is 0 Å². The first-order chi connectivity index (χ1) is 9.56. The van der Waals surface area contributed by atoms with Gasteiger partial charge in [0.15, 0.2) is 8.32 Å². The molecule has 2 aliphatic rings. The average Bonchev–Trinajstić information content (AvgIpc) is 2.72. The van der Waals surface area contributed by atoms with Gasteiger partial charge in [-0.05, 0) is 24.6 Å². The molecule has 0 unspecified atom stereocenters.